The maximum absolute atomic E-state index is 12.5. The van der Waals surface area contributed by atoms with E-state index in [9.17, 15) is 4.79 Å². The van der Waals surface area contributed by atoms with E-state index >= 15 is 0 Å². The molecule has 5 heteroatoms. The summed E-state index contributed by atoms with van der Waals surface area (Å²) in [6, 6.07) is 20.0. The van der Waals surface area contributed by atoms with Gasteiger partial charge in [0.2, 0.25) is 0 Å². The molecule has 0 fully saturated rings. The van der Waals surface area contributed by atoms with Gasteiger partial charge < -0.3 is 13.9 Å². The molecular weight excluding hydrogens is 356 g/mol. The van der Waals surface area contributed by atoms with E-state index in [0.717, 1.165) is 12.0 Å². The lowest BCUT2D eigenvalue weighted by Crippen LogP contribution is -2.45. The molecule has 0 aliphatic rings. The van der Waals surface area contributed by atoms with E-state index in [1.54, 1.807) is 0 Å². The minimum absolute atomic E-state index is 0.340. The normalized spacial score (nSPS) is 13.8. The molecule has 0 radical (unpaired) electrons. The zero-order valence-electron chi connectivity index (χ0n) is 16.7. The van der Waals surface area contributed by atoms with Crippen molar-refractivity contribution in [1.82, 2.24) is 0 Å². The Kier molecular flexibility index (Phi) is 8.22. The minimum atomic E-state index is -1.88. The molecule has 0 amide bonds. The van der Waals surface area contributed by atoms with Crippen molar-refractivity contribution in [3.63, 3.8) is 0 Å². The summed E-state index contributed by atoms with van der Waals surface area (Å²) in [5, 5.41) is 0. The smallest absolute Gasteiger partial charge is 0.337 e. The van der Waals surface area contributed by atoms with Crippen molar-refractivity contribution in [3.05, 3.63) is 71.8 Å². The van der Waals surface area contributed by atoms with Crippen LogP contribution in [-0.4, -0.2) is 33.6 Å². The van der Waals surface area contributed by atoms with Gasteiger partial charge in [-0.3, -0.25) is 0 Å². The molecule has 0 saturated heterocycles. The monoisotopic (exact) mass is 386 g/mol. The van der Waals surface area contributed by atoms with Crippen molar-refractivity contribution in [2.75, 3.05) is 7.11 Å². The van der Waals surface area contributed by atoms with Crippen LogP contribution in [0, 0.1) is 0 Å². The van der Waals surface area contributed by atoms with E-state index in [0.29, 0.717) is 13.0 Å². The van der Waals surface area contributed by atoms with Gasteiger partial charge in [0.1, 0.15) is 0 Å². The fourth-order valence-electron chi connectivity index (χ4n) is 2.88. The van der Waals surface area contributed by atoms with E-state index in [4.69, 9.17) is 13.9 Å². The fourth-order valence-corrected chi connectivity index (χ4v) is 4.03. The topological polar surface area (TPSA) is 44.8 Å². The number of rotatable bonds is 10. The molecule has 0 N–H and O–H groups in total. The van der Waals surface area contributed by atoms with Gasteiger partial charge in [-0.1, -0.05) is 60.7 Å². The summed E-state index contributed by atoms with van der Waals surface area (Å²) in [5.41, 5.74) is 2.23. The van der Waals surface area contributed by atoms with Gasteiger partial charge in [0, 0.05) is 0 Å². The quantitative estimate of drug-likeness (QED) is 0.442. The lowest BCUT2D eigenvalue weighted by Gasteiger charge is -2.31. The molecule has 2 atom stereocenters. The van der Waals surface area contributed by atoms with Crippen LogP contribution in [0.25, 0.3) is 0 Å². The number of aryl methyl sites for hydroxylation is 1. The van der Waals surface area contributed by atoms with Crippen LogP contribution >= 0.6 is 0 Å². The summed E-state index contributed by atoms with van der Waals surface area (Å²) in [4.78, 5) is 12.5. The van der Waals surface area contributed by atoms with E-state index < -0.39 is 14.4 Å². The van der Waals surface area contributed by atoms with Crippen molar-refractivity contribution in [2.45, 2.75) is 51.3 Å². The lowest BCUT2D eigenvalue weighted by atomic mass is 10.0. The van der Waals surface area contributed by atoms with Crippen LogP contribution in [0.15, 0.2) is 60.7 Å². The molecule has 2 aromatic carbocycles. The molecule has 2 aromatic rings. The predicted molar refractivity (Wildman–Crippen MR) is 110 cm³/mol. The number of carbonyl (C=O) groups is 1. The SMILES string of the molecule is COC(=O)C(OCc1ccccc1)C(CCc1ccccc1)O[Si](C)(C)C. The molecule has 0 aromatic heterocycles. The van der Waals surface area contributed by atoms with Crippen molar-refractivity contribution >= 4 is 14.3 Å². The zero-order chi connectivity index (χ0) is 19.7. The molecule has 0 bridgehead atoms. The van der Waals surface area contributed by atoms with Crippen molar-refractivity contribution in [2.24, 2.45) is 0 Å². The van der Waals surface area contributed by atoms with Gasteiger partial charge in [-0.05, 0) is 43.6 Å². The third-order valence-corrected chi connectivity index (χ3v) is 5.12. The average molecular weight is 387 g/mol. The summed E-state index contributed by atoms with van der Waals surface area (Å²) in [6.07, 6.45) is 0.430. The molecule has 0 spiro atoms. The summed E-state index contributed by atoms with van der Waals surface area (Å²) in [5.74, 6) is -0.387. The average Bonchev–Trinajstić information content (AvgIpc) is 2.66. The first-order valence-electron chi connectivity index (χ1n) is 9.34. The van der Waals surface area contributed by atoms with Crippen molar-refractivity contribution in [1.29, 1.82) is 0 Å². The third-order valence-electron chi connectivity index (χ3n) is 4.11. The molecule has 2 unspecified atom stereocenters. The first-order chi connectivity index (χ1) is 12.9. The highest BCUT2D eigenvalue weighted by atomic mass is 28.4. The molecule has 0 aliphatic carbocycles. The summed E-state index contributed by atoms with van der Waals surface area (Å²) in [7, 11) is -0.483. The minimum Gasteiger partial charge on any atom is -0.467 e. The number of methoxy groups -OCH3 is 1. The molecule has 0 heterocycles. The zero-order valence-corrected chi connectivity index (χ0v) is 17.7. The number of carbonyl (C=O) groups excluding carboxylic acids is 1. The highest BCUT2D eigenvalue weighted by Crippen LogP contribution is 2.20. The second-order valence-electron chi connectivity index (χ2n) is 7.53. The number of esters is 1. The molecule has 4 nitrogen and oxygen atoms in total. The van der Waals surface area contributed by atoms with Gasteiger partial charge in [-0.25, -0.2) is 4.79 Å². The van der Waals surface area contributed by atoms with Crippen molar-refractivity contribution in [3.8, 4) is 0 Å². The van der Waals surface area contributed by atoms with Crippen LogP contribution in [0.5, 0.6) is 0 Å². The first kappa shape index (κ1) is 21.3. The van der Waals surface area contributed by atoms with Crippen LogP contribution in [-0.2, 0) is 31.7 Å². The standard InChI is InChI=1S/C22H30O4Si/c1-24-22(23)21(25-17-19-13-9-6-10-14-19)20(26-27(2,3)4)16-15-18-11-7-5-8-12-18/h5-14,20-21H,15-17H2,1-4H3. The Balaban J connectivity index is 2.13. The second kappa shape index (κ2) is 10.4. The molecule has 0 aliphatic heterocycles. The molecule has 27 heavy (non-hydrogen) atoms. The number of benzene rings is 2. The van der Waals surface area contributed by atoms with Crippen LogP contribution in [0.1, 0.15) is 17.5 Å². The Morgan fingerprint density at radius 1 is 0.926 bits per heavy atom. The van der Waals surface area contributed by atoms with Gasteiger partial charge in [0.15, 0.2) is 14.4 Å². The van der Waals surface area contributed by atoms with Gasteiger partial charge >= 0.3 is 5.97 Å². The molecule has 0 saturated carbocycles. The maximum atomic E-state index is 12.5. The van der Waals surface area contributed by atoms with E-state index in [1.807, 2.05) is 48.5 Å². The maximum Gasteiger partial charge on any atom is 0.337 e. The van der Waals surface area contributed by atoms with Crippen LogP contribution in [0.2, 0.25) is 19.6 Å². The van der Waals surface area contributed by atoms with E-state index in [-0.39, 0.29) is 12.1 Å². The van der Waals surface area contributed by atoms with E-state index in [1.165, 1.54) is 12.7 Å². The Labute approximate surface area is 163 Å². The summed E-state index contributed by atoms with van der Waals surface area (Å²) < 4.78 is 17.4. The van der Waals surface area contributed by atoms with Gasteiger partial charge in [0.25, 0.3) is 0 Å². The van der Waals surface area contributed by atoms with Crippen LogP contribution < -0.4 is 0 Å². The Bertz CT molecular complexity index is 682. The highest BCUT2D eigenvalue weighted by molar-refractivity contribution is 6.69. The second-order valence-corrected chi connectivity index (χ2v) is 12.0. The van der Waals surface area contributed by atoms with Gasteiger partial charge in [-0.2, -0.15) is 0 Å². The third kappa shape index (κ3) is 7.67. The van der Waals surface area contributed by atoms with Crippen LogP contribution in [0.3, 0.4) is 0 Å². The predicted octanol–water partition coefficient (Wildman–Crippen LogP) is 4.60. The van der Waals surface area contributed by atoms with Crippen molar-refractivity contribution < 1.29 is 18.7 Å². The Morgan fingerprint density at radius 3 is 2.00 bits per heavy atom. The summed E-state index contributed by atoms with van der Waals surface area (Å²) in [6.45, 7) is 6.70. The fraction of sp³-hybridized carbons (Fsp3) is 0.409. The lowest BCUT2D eigenvalue weighted by molar-refractivity contribution is -0.162. The molecule has 2 rings (SSSR count). The largest absolute Gasteiger partial charge is 0.467 e. The molecule has 146 valence electrons. The Morgan fingerprint density at radius 2 is 1.48 bits per heavy atom. The number of ether oxygens (including phenoxy) is 2. The van der Waals surface area contributed by atoms with Gasteiger partial charge in [-0.15, -0.1) is 0 Å². The van der Waals surface area contributed by atoms with E-state index in [2.05, 4.69) is 31.8 Å². The number of hydrogen-bond donors (Lipinski definition) is 0. The summed E-state index contributed by atoms with van der Waals surface area (Å²) >= 11 is 0. The van der Waals surface area contributed by atoms with Crippen LogP contribution in [0.4, 0.5) is 0 Å². The first-order valence-corrected chi connectivity index (χ1v) is 12.7. The van der Waals surface area contributed by atoms with Gasteiger partial charge in [0.05, 0.1) is 19.8 Å². The Hall–Kier alpha value is -1.95. The highest BCUT2D eigenvalue weighted by Gasteiger charge is 2.34. The number of hydrogen-bond acceptors (Lipinski definition) is 4. The molecular formula is C22H30O4Si.